The predicted octanol–water partition coefficient (Wildman–Crippen LogP) is 0.121. The first kappa shape index (κ1) is 10.7. The van der Waals surface area contributed by atoms with E-state index in [1.54, 1.807) is 12.4 Å². The van der Waals surface area contributed by atoms with Gasteiger partial charge >= 0.3 is 0 Å². The average Bonchev–Trinajstić information content (AvgIpc) is 2.19. The summed E-state index contributed by atoms with van der Waals surface area (Å²) in [5.74, 6) is -0.334. The molecule has 0 aliphatic heterocycles. The molecule has 0 saturated heterocycles. The molecule has 1 heterocycles. The molecule has 0 radical (unpaired) electrons. The normalized spacial score (nSPS) is 12.1. The summed E-state index contributed by atoms with van der Waals surface area (Å²) in [7, 11) is 0. The van der Waals surface area contributed by atoms with Crippen LogP contribution in [0.3, 0.4) is 0 Å². The lowest BCUT2D eigenvalue weighted by molar-refractivity contribution is -0.128. The van der Waals surface area contributed by atoms with Gasteiger partial charge in [-0.05, 0) is 31.0 Å². The number of carbonyl (C=O) groups is 1. The van der Waals surface area contributed by atoms with Crippen molar-refractivity contribution in [3.8, 4) is 0 Å². The summed E-state index contributed by atoms with van der Waals surface area (Å²) < 4.78 is 0. The molecule has 0 unspecified atom stereocenters. The molecule has 76 valence electrons. The molecular weight excluding hydrogens is 180 g/mol. The average molecular weight is 194 g/mol. The number of rotatable bonds is 4. The van der Waals surface area contributed by atoms with Crippen LogP contribution in [-0.4, -0.2) is 28.6 Å². The topological polar surface area (TPSA) is 62.2 Å². The first-order chi connectivity index (χ1) is 6.70. The molecule has 4 nitrogen and oxygen atoms in total. The van der Waals surface area contributed by atoms with Gasteiger partial charge in [-0.25, -0.2) is 0 Å². The van der Waals surface area contributed by atoms with Crippen LogP contribution in [0.15, 0.2) is 24.5 Å². The first-order valence-electron chi connectivity index (χ1n) is 4.55. The van der Waals surface area contributed by atoms with Crippen LogP contribution in [0.1, 0.15) is 12.5 Å². The van der Waals surface area contributed by atoms with Crippen molar-refractivity contribution in [3.63, 3.8) is 0 Å². The number of aliphatic hydroxyl groups excluding tert-OH is 1. The Morgan fingerprint density at radius 3 is 2.79 bits per heavy atom. The number of aromatic nitrogens is 1. The van der Waals surface area contributed by atoms with E-state index in [1.807, 2.05) is 12.1 Å². The zero-order valence-corrected chi connectivity index (χ0v) is 8.10. The second-order valence-corrected chi connectivity index (χ2v) is 3.07. The van der Waals surface area contributed by atoms with Gasteiger partial charge in [-0.15, -0.1) is 0 Å². The molecule has 1 rings (SSSR count). The molecule has 1 aromatic rings. The van der Waals surface area contributed by atoms with Crippen LogP contribution in [0.2, 0.25) is 0 Å². The Kier molecular flexibility index (Phi) is 4.07. The molecule has 2 N–H and O–H groups in total. The summed E-state index contributed by atoms with van der Waals surface area (Å²) >= 11 is 0. The summed E-state index contributed by atoms with van der Waals surface area (Å²) in [5.41, 5.74) is 1.12. The van der Waals surface area contributed by atoms with Crippen molar-refractivity contribution in [1.82, 2.24) is 10.3 Å². The van der Waals surface area contributed by atoms with Gasteiger partial charge in [-0.2, -0.15) is 0 Å². The van der Waals surface area contributed by atoms with Gasteiger partial charge in [0.2, 0.25) is 5.91 Å². The zero-order valence-electron chi connectivity index (χ0n) is 8.10. The highest BCUT2D eigenvalue weighted by atomic mass is 16.3. The molecule has 0 spiro atoms. The van der Waals surface area contributed by atoms with Crippen molar-refractivity contribution >= 4 is 5.91 Å². The van der Waals surface area contributed by atoms with Gasteiger partial charge < -0.3 is 10.4 Å². The lowest BCUT2D eigenvalue weighted by Crippen LogP contribution is -2.33. The standard InChI is InChI=1S/C10H14N2O2/c1-8(13)10(14)12-7-4-9-2-5-11-6-3-9/h2-3,5-6,8,13H,4,7H2,1H3,(H,12,14)/t8-/m0/s1. The van der Waals surface area contributed by atoms with Crippen LogP contribution >= 0.6 is 0 Å². The number of nitrogens with one attached hydrogen (secondary N) is 1. The van der Waals surface area contributed by atoms with E-state index in [2.05, 4.69) is 10.3 Å². The van der Waals surface area contributed by atoms with E-state index in [4.69, 9.17) is 5.11 Å². The SMILES string of the molecule is C[C@H](O)C(=O)NCCc1ccncc1. The van der Waals surface area contributed by atoms with Crippen molar-refractivity contribution in [2.24, 2.45) is 0 Å². The molecule has 4 heteroatoms. The monoisotopic (exact) mass is 194 g/mol. The first-order valence-corrected chi connectivity index (χ1v) is 4.55. The summed E-state index contributed by atoms with van der Waals surface area (Å²) in [4.78, 5) is 14.8. The highest BCUT2D eigenvalue weighted by Crippen LogP contribution is 1.95. The molecule has 14 heavy (non-hydrogen) atoms. The van der Waals surface area contributed by atoms with Crippen molar-refractivity contribution in [1.29, 1.82) is 0 Å². The minimum atomic E-state index is -0.938. The number of carbonyl (C=O) groups excluding carboxylic acids is 1. The van der Waals surface area contributed by atoms with Gasteiger partial charge in [-0.3, -0.25) is 9.78 Å². The Bertz CT molecular complexity index is 285. The fourth-order valence-electron chi connectivity index (χ4n) is 1.03. The van der Waals surface area contributed by atoms with Crippen molar-refractivity contribution in [2.45, 2.75) is 19.4 Å². The molecule has 1 amide bonds. The minimum absolute atomic E-state index is 0.334. The fourth-order valence-corrected chi connectivity index (χ4v) is 1.03. The largest absolute Gasteiger partial charge is 0.384 e. The third kappa shape index (κ3) is 3.53. The molecule has 0 aliphatic carbocycles. The highest BCUT2D eigenvalue weighted by Gasteiger charge is 2.06. The smallest absolute Gasteiger partial charge is 0.248 e. The lowest BCUT2D eigenvalue weighted by atomic mass is 10.2. The maximum atomic E-state index is 11.0. The molecule has 1 atom stereocenters. The second kappa shape index (κ2) is 5.34. The Hall–Kier alpha value is -1.42. The number of hydrogen-bond donors (Lipinski definition) is 2. The Morgan fingerprint density at radius 1 is 1.57 bits per heavy atom. The molecule has 1 aromatic heterocycles. The predicted molar refractivity (Wildman–Crippen MR) is 52.6 cm³/mol. The van der Waals surface area contributed by atoms with Crippen LogP contribution in [0.25, 0.3) is 0 Å². The Morgan fingerprint density at radius 2 is 2.21 bits per heavy atom. The molecule has 0 bridgehead atoms. The third-order valence-electron chi connectivity index (χ3n) is 1.84. The van der Waals surface area contributed by atoms with Crippen LogP contribution in [0.5, 0.6) is 0 Å². The van der Waals surface area contributed by atoms with Gasteiger partial charge in [0, 0.05) is 18.9 Å². The van der Waals surface area contributed by atoms with E-state index >= 15 is 0 Å². The third-order valence-corrected chi connectivity index (χ3v) is 1.84. The van der Waals surface area contributed by atoms with E-state index in [9.17, 15) is 4.79 Å². The lowest BCUT2D eigenvalue weighted by Gasteiger charge is -2.06. The van der Waals surface area contributed by atoms with E-state index in [0.29, 0.717) is 6.54 Å². The van der Waals surface area contributed by atoms with Gasteiger partial charge in [0.15, 0.2) is 0 Å². The number of pyridine rings is 1. The van der Waals surface area contributed by atoms with Crippen molar-refractivity contribution in [3.05, 3.63) is 30.1 Å². The number of aliphatic hydroxyl groups is 1. The quantitative estimate of drug-likeness (QED) is 0.715. The summed E-state index contributed by atoms with van der Waals surface area (Å²) in [6.45, 7) is 1.98. The molecule has 0 fully saturated rings. The van der Waals surface area contributed by atoms with E-state index < -0.39 is 6.10 Å². The number of nitrogens with zero attached hydrogens (tertiary/aromatic N) is 1. The van der Waals surface area contributed by atoms with Crippen molar-refractivity contribution in [2.75, 3.05) is 6.54 Å². The van der Waals surface area contributed by atoms with Gasteiger partial charge in [0.05, 0.1) is 0 Å². The van der Waals surface area contributed by atoms with Gasteiger partial charge in [0.1, 0.15) is 6.10 Å². The number of hydrogen-bond acceptors (Lipinski definition) is 3. The fraction of sp³-hybridized carbons (Fsp3) is 0.400. The summed E-state index contributed by atoms with van der Waals surface area (Å²) in [6, 6.07) is 3.79. The van der Waals surface area contributed by atoms with Gasteiger partial charge in [0.25, 0.3) is 0 Å². The highest BCUT2D eigenvalue weighted by molar-refractivity contribution is 5.79. The molecular formula is C10H14N2O2. The maximum absolute atomic E-state index is 11.0. The van der Waals surface area contributed by atoms with Crippen LogP contribution < -0.4 is 5.32 Å². The van der Waals surface area contributed by atoms with E-state index in [0.717, 1.165) is 12.0 Å². The van der Waals surface area contributed by atoms with Crippen LogP contribution in [0.4, 0.5) is 0 Å². The Labute approximate surface area is 83.0 Å². The van der Waals surface area contributed by atoms with E-state index in [-0.39, 0.29) is 5.91 Å². The minimum Gasteiger partial charge on any atom is -0.384 e. The van der Waals surface area contributed by atoms with Crippen LogP contribution in [0, 0.1) is 0 Å². The molecule has 0 aromatic carbocycles. The molecule has 0 saturated carbocycles. The van der Waals surface area contributed by atoms with E-state index in [1.165, 1.54) is 6.92 Å². The maximum Gasteiger partial charge on any atom is 0.248 e. The number of amides is 1. The zero-order chi connectivity index (χ0) is 10.4. The second-order valence-electron chi connectivity index (χ2n) is 3.07. The van der Waals surface area contributed by atoms with Crippen molar-refractivity contribution < 1.29 is 9.90 Å². The summed E-state index contributed by atoms with van der Waals surface area (Å²) in [6.07, 6.45) is 3.24. The molecule has 0 aliphatic rings. The van der Waals surface area contributed by atoms with Crippen LogP contribution in [-0.2, 0) is 11.2 Å². The van der Waals surface area contributed by atoms with Gasteiger partial charge in [-0.1, -0.05) is 0 Å². The summed E-state index contributed by atoms with van der Waals surface area (Å²) in [5, 5.41) is 11.5. The Balaban J connectivity index is 2.26.